The van der Waals surface area contributed by atoms with E-state index in [-0.39, 0.29) is 5.91 Å². The van der Waals surface area contributed by atoms with E-state index >= 15 is 0 Å². The van der Waals surface area contributed by atoms with Crippen molar-refractivity contribution in [3.05, 3.63) is 34.3 Å². The van der Waals surface area contributed by atoms with E-state index in [9.17, 15) is 4.79 Å². The number of ether oxygens (including phenoxy) is 1. The molecule has 0 spiro atoms. The molecule has 0 aliphatic rings. The maximum atomic E-state index is 11.6. The van der Waals surface area contributed by atoms with Crippen LogP contribution < -0.4 is 5.32 Å². The molecule has 0 aliphatic carbocycles. The second kappa shape index (κ2) is 5.73. The first-order valence-electron chi connectivity index (χ1n) is 4.68. The monoisotopic (exact) mass is 227 g/mol. The number of carbonyl (C=O) groups excluding carboxylic acids is 1. The van der Waals surface area contributed by atoms with Crippen molar-refractivity contribution in [2.24, 2.45) is 0 Å². The Labute approximate surface area is 94.4 Å². The molecular formula is C11H14ClNO2. The van der Waals surface area contributed by atoms with E-state index < -0.39 is 0 Å². The van der Waals surface area contributed by atoms with Crippen LogP contribution in [0.2, 0.25) is 5.02 Å². The van der Waals surface area contributed by atoms with Crippen molar-refractivity contribution < 1.29 is 9.53 Å². The van der Waals surface area contributed by atoms with Crippen LogP contribution in [-0.2, 0) is 4.74 Å². The topological polar surface area (TPSA) is 38.3 Å². The number of nitrogens with one attached hydrogen (secondary N) is 1. The highest BCUT2D eigenvalue weighted by Crippen LogP contribution is 2.16. The fourth-order valence-electron chi connectivity index (χ4n) is 1.10. The Bertz CT molecular complexity index is 352. The Hall–Kier alpha value is -1.06. The minimum Gasteiger partial charge on any atom is -0.383 e. The third kappa shape index (κ3) is 3.53. The quantitative estimate of drug-likeness (QED) is 0.800. The number of hydrogen-bond donors (Lipinski definition) is 1. The van der Waals surface area contributed by atoms with Crippen molar-refractivity contribution in [1.82, 2.24) is 5.32 Å². The van der Waals surface area contributed by atoms with Crippen LogP contribution in [0.4, 0.5) is 0 Å². The third-order valence-corrected chi connectivity index (χ3v) is 2.43. The summed E-state index contributed by atoms with van der Waals surface area (Å²) in [6.07, 6.45) is 0. The summed E-state index contributed by atoms with van der Waals surface area (Å²) in [5.41, 5.74) is 1.53. The molecule has 0 saturated carbocycles. The lowest BCUT2D eigenvalue weighted by atomic mass is 10.1. The highest BCUT2D eigenvalue weighted by molar-refractivity contribution is 6.31. The molecule has 0 bridgehead atoms. The summed E-state index contributed by atoms with van der Waals surface area (Å²) in [4.78, 5) is 11.6. The van der Waals surface area contributed by atoms with Gasteiger partial charge >= 0.3 is 0 Å². The van der Waals surface area contributed by atoms with Crippen LogP contribution in [0.25, 0.3) is 0 Å². The van der Waals surface area contributed by atoms with E-state index in [1.807, 2.05) is 13.0 Å². The predicted molar refractivity (Wildman–Crippen MR) is 60.4 cm³/mol. The number of methoxy groups -OCH3 is 1. The van der Waals surface area contributed by atoms with Gasteiger partial charge in [0.15, 0.2) is 0 Å². The molecule has 82 valence electrons. The van der Waals surface area contributed by atoms with Gasteiger partial charge < -0.3 is 10.1 Å². The Morgan fingerprint density at radius 1 is 1.53 bits per heavy atom. The number of amides is 1. The zero-order valence-corrected chi connectivity index (χ0v) is 9.60. The Morgan fingerprint density at radius 2 is 2.27 bits per heavy atom. The number of benzene rings is 1. The van der Waals surface area contributed by atoms with E-state index in [0.717, 1.165) is 5.56 Å². The smallest absolute Gasteiger partial charge is 0.251 e. The molecule has 0 fully saturated rings. The molecule has 1 rings (SSSR count). The number of hydrogen-bond acceptors (Lipinski definition) is 2. The van der Waals surface area contributed by atoms with Gasteiger partial charge in [0, 0.05) is 24.2 Å². The Morgan fingerprint density at radius 3 is 2.87 bits per heavy atom. The molecule has 1 aromatic rings. The van der Waals surface area contributed by atoms with Gasteiger partial charge in [-0.05, 0) is 24.6 Å². The van der Waals surface area contributed by atoms with Crippen LogP contribution in [0.5, 0.6) is 0 Å². The number of carbonyl (C=O) groups is 1. The lowest BCUT2D eigenvalue weighted by Gasteiger charge is -2.05. The summed E-state index contributed by atoms with van der Waals surface area (Å²) in [7, 11) is 1.59. The molecule has 4 heteroatoms. The van der Waals surface area contributed by atoms with Crippen LogP contribution in [0.3, 0.4) is 0 Å². The molecule has 0 heterocycles. The number of rotatable bonds is 4. The first-order valence-corrected chi connectivity index (χ1v) is 5.06. The maximum Gasteiger partial charge on any atom is 0.251 e. The lowest BCUT2D eigenvalue weighted by molar-refractivity contribution is 0.0937. The van der Waals surface area contributed by atoms with Gasteiger partial charge in [-0.15, -0.1) is 0 Å². The highest BCUT2D eigenvalue weighted by atomic mass is 35.5. The summed E-state index contributed by atoms with van der Waals surface area (Å²) in [6, 6.07) is 5.25. The van der Waals surface area contributed by atoms with Gasteiger partial charge in [-0.2, -0.15) is 0 Å². The minimum atomic E-state index is -0.131. The zero-order valence-electron chi connectivity index (χ0n) is 8.84. The standard InChI is InChI=1S/C11H14ClNO2/c1-8-3-4-9(7-10(8)12)11(14)13-5-6-15-2/h3-4,7H,5-6H2,1-2H3,(H,13,14). The fraction of sp³-hybridized carbons (Fsp3) is 0.364. The van der Waals surface area contributed by atoms with Crippen molar-refractivity contribution in [2.75, 3.05) is 20.3 Å². The van der Waals surface area contributed by atoms with Crippen LogP contribution in [-0.4, -0.2) is 26.2 Å². The van der Waals surface area contributed by atoms with Gasteiger partial charge in [-0.25, -0.2) is 0 Å². The Balaban J connectivity index is 2.62. The van der Waals surface area contributed by atoms with Crippen molar-refractivity contribution >= 4 is 17.5 Å². The molecular weight excluding hydrogens is 214 g/mol. The van der Waals surface area contributed by atoms with Crippen molar-refractivity contribution in [1.29, 1.82) is 0 Å². The summed E-state index contributed by atoms with van der Waals surface area (Å²) in [5.74, 6) is -0.131. The van der Waals surface area contributed by atoms with Gasteiger partial charge in [0.2, 0.25) is 0 Å². The van der Waals surface area contributed by atoms with Gasteiger partial charge in [0.25, 0.3) is 5.91 Å². The molecule has 1 amide bonds. The van der Waals surface area contributed by atoms with Gasteiger partial charge in [0.1, 0.15) is 0 Å². The molecule has 0 aliphatic heterocycles. The normalized spacial score (nSPS) is 10.1. The van der Waals surface area contributed by atoms with Crippen LogP contribution >= 0.6 is 11.6 Å². The van der Waals surface area contributed by atoms with Gasteiger partial charge in [-0.1, -0.05) is 17.7 Å². The SMILES string of the molecule is COCCNC(=O)c1ccc(C)c(Cl)c1. The summed E-state index contributed by atoms with van der Waals surface area (Å²) >= 11 is 5.91. The second-order valence-corrected chi connectivity index (χ2v) is 3.62. The fourth-order valence-corrected chi connectivity index (χ4v) is 1.28. The molecule has 0 atom stereocenters. The average Bonchev–Trinajstić information content (AvgIpc) is 2.22. The average molecular weight is 228 g/mol. The molecule has 0 aromatic heterocycles. The molecule has 0 unspecified atom stereocenters. The Kier molecular flexibility index (Phi) is 4.59. The summed E-state index contributed by atoms with van der Waals surface area (Å²) in [5, 5.41) is 3.33. The van der Waals surface area contributed by atoms with Crippen molar-refractivity contribution in [3.8, 4) is 0 Å². The minimum absolute atomic E-state index is 0.131. The molecule has 0 radical (unpaired) electrons. The van der Waals surface area contributed by atoms with Crippen LogP contribution in [0, 0.1) is 6.92 Å². The van der Waals surface area contributed by atoms with E-state index in [1.54, 1.807) is 19.2 Å². The largest absolute Gasteiger partial charge is 0.383 e. The zero-order chi connectivity index (χ0) is 11.3. The van der Waals surface area contributed by atoms with Crippen LogP contribution in [0.15, 0.2) is 18.2 Å². The molecule has 0 saturated heterocycles. The lowest BCUT2D eigenvalue weighted by Crippen LogP contribution is -2.26. The first-order chi connectivity index (χ1) is 7.15. The van der Waals surface area contributed by atoms with Crippen molar-refractivity contribution in [2.45, 2.75) is 6.92 Å². The molecule has 15 heavy (non-hydrogen) atoms. The van der Waals surface area contributed by atoms with E-state index in [4.69, 9.17) is 16.3 Å². The van der Waals surface area contributed by atoms with Gasteiger partial charge in [0.05, 0.1) is 6.61 Å². The van der Waals surface area contributed by atoms with E-state index in [2.05, 4.69) is 5.32 Å². The third-order valence-electron chi connectivity index (χ3n) is 2.03. The molecule has 1 aromatic carbocycles. The number of aryl methyl sites for hydroxylation is 1. The maximum absolute atomic E-state index is 11.6. The van der Waals surface area contributed by atoms with Gasteiger partial charge in [-0.3, -0.25) is 4.79 Å². The van der Waals surface area contributed by atoms with E-state index in [0.29, 0.717) is 23.7 Å². The van der Waals surface area contributed by atoms with E-state index in [1.165, 1.54) is 0 Å². The molecule has 3 nitrogen and oxygen atoms in total. The number of halogens is 1. The second-order valence-electron chi connectivity index (χ2n) is 3.21. The van der Waals surface area contributed by atoms with Crippen molar-refractivity contribution in [3.63, 3.8) is 0 Å². The summed E-state index contributed by atoms with van der Waals surface area (Å²) < 4.78 is 4.83. The predicted octanol–water partition coefficient (Wildman–Crippen LogP) is 2.02. The highest BCUT2D eigenvalue weighted by Gasteiger charge is 2.05. The first kappa shape index (κ1) is 12.0. The van der Waals surface area contributed by atoms with Crippen LogP contribution in [0.1, 0.15) is 15.9 Å². The summed E-state index contributed by atoms with van der Waals surface area (Å²) in [6.45, 7) is 2.90. The molecule has 1 N–H and O–H groups in total.